The third-order valence-electron chi connectivity index (χ3n) is 1.77. The zero-order valence-electron chi connectivity index (χ0n) is 6.42. The Kier molecular flexibility index (Phi) is 2.08. The summed E-state index contributed by atoms with van der Waals surface area (Å²) in [4.78, 5) is 21.0. The summed E-state index contributed by atoms with van der Waals surface area (Å²) >= 11 is 0. The Bertz CT molecular complexity index is 217. The van der Waals surface area contributed by atoms with Crippen LogP contribution >= 0.6 is 0 Å². The van der Waals surface area contributed by atoms with Gasteiger partial charge in [0.05, 0.1) is 6.61 Å². The van der Waals surface area contributed by atoms with Crippen molar-refractivity contribution in [1.29, 1.82) is 0 Å². The van der Waals surface area contributed by atoms with Crippen molar-refractivity contribution in [2.24, 2.45) is 5.92 Å². The van der Waals surface area contributed by atoms with Crippen LogP contribution in [-0.4, -0.2) is 18.4 Å². The number of carbonyl (C=O) groups excluding carboxylic acids is 2. The van der Waals surface area contributed by atoms with Crippen molar-refractivity contribution in [3.05, 3.63) is 12.2 Å². The lowest BCUT2D eigenvalue weighted by molar-refractivity contribution is -0.143. The Morgan fingerprint density at radius 1 is 1.82 bits per heavy atom. The molecule has 1 unspecified atom stereocenters. The summed E-state index contributed by atoms with van der Waals surface area (Å²) in [6, 6.07) is 0. The third kappa shape index (κ3) is 1.67. The fourth-order valence-corrected chi connectivity index (χ4v) is 0.952. The van der Waals surface area contributed by atoms with Gasteiger partial charge in [-0.05, 0) is 5.57 Å². The molecule has 0 N–H and O–H groups in total. The van der Waals surface area contributed by atoms with Crippen LogP contribution in [0.4, 0.5) is 0 Å². The predicted molar refractivity (Wildman–Crippen MR) is 38.9 cm³/mol. The zero-order valence-corrected chi connectivity index (χ0v) is 6.42. The fourth-order valence-electron chi connectivity index (χ4n) is 0.952. The minimum atomic E-state index is -0.308. The van der Waals surface area contributed by atoms with E-state index in [0.717, 1.165) is 0 Å². The maximum atomic E-state index is 10.6. The number of ether oxygens (including phenoxy) is 1. The average molecular weight is 154 g/mol. The van der Waals surface area contributed by atoms with Gasteiger partial charge in [0.1, 0.15) is 0 Å². The topological polar surface area (TPSA) is 43.4 Å². The van der Waals surface area contributed by atoms with Crippen molar-refractivity contribution in [2.45, 2.75) is 13.3 Å². The molecular formula is C8H10O3. The molecular weight excluding hydrogens is 144 g/mol. The number of esters is 1. The molecule has 60 valence electrons. The summed E-state index contributed by atoms with van der Waals surface area (Å²) in [5.41, 5.74) is 0.589. The van der Waals surface area contributed by atoms with Crippen LogP contribution in [-0.2, 0) is 14.3 Å². The van der Waals surface area contributed by atoms with Gasteiger partial charge >= 0.3 is 5.97 Å². The van der Waals surface area contributed by atoms with Gasteiger partial charge < -0.3 is 4.74 Å². The molecule has 1 rings (SSSR count). The molecule has 1 fully saturated rings. The lowest BCUT2D eigenvalue weighted by atomic mass is 9.80. The molecule has 1 aliphatic carbocycles. The summed E-state index contributed by atoms with van der Waals surface area (Å²) < 4.78 is 4.71. The molecule has 0 aromatic rings. The van der Waals surface area contributed by atoms with E-state index in [9.17, 15) is 9.59 Å². The lowest BCUT2D eigenvalue weighted by Crippen LogP contribution is -2.31. The van der Waals surface area contributed by atoms with Gasteiger partial charge in [-0.15, -0.1) is 0 Å². The van der Waals surface area contributed by atoms with E-state index in [4.69, 9.17) is 4.74 Å². The molecule has 0 saturated heterocycles. The first kappa shape index (κ1) is 7.98. The molecule has 3 heteroatoms. The highest BCUT2D eigenvalue weighted by Crippen LogP contribution is 2.28. The second-order valence-electron chi connectivity index (χ2n) is 2.65. The molecule has 0 radical (unpaired) electrons. The first-order valence-corrected chi connectivity index (χ1v) is 3.46. The van der Waals surface area contributed by atoms with E-state index in [1.54, 1.807) is 0 Å². The number of Topliss-reactive ketones (excluding diaryl/α,β-unsaturated/α-hetero) is 1. The predicted octanol–water partition coefficient (Wildman–Crippen LogP) is 0.695. The molecule has 3 nitrogen and oxygen atoms in total. The van der Waals surface area contributed by atoms with Crippen LogP contribution < -0.4 is 0 Å². The SMILES string of the molecule is C=C1C(=O)CC1COC(C)=O. The van der Waals surface area contributed by atoms with Crippen molar-refractivity contribution >= 4 is 11.8 Å². The van der Waals surface area contributed by atoms with E-state index >= 15 is 0 Å². The molecule has 1 saturated carbocycles. The molecule has 1 atom stereocenters. The van der Waals surface area contributed by atoms with Gasteiger partial charge in [-0.2, -0.15) is 0 Å². The monoisotopic (exact) mass is 154 g/mol. The summed E-state index contributed by atoms with van der Waals surface area (Å²) in [5.74, 6) is -0.147. The molecule has 0 aliphatic heterocycles. The second kappa shape index (κ2) is 2.86. The summed E-state index contributed by atoms with van der Waals surface area (Å²) in [6.07, 6.45) is 0.478. The van der Waals surface area contributed by atoms with Gasteiger partial charge in [0.2, 0.25) is 0 Å². The number of hydrogen-bond acceptors (Lipinski definition) is 3. The van der Waals surface area contributed by atoms with Gasteiger partial charge in [-0.1, -0.05) is 6.58 Å². The second-order valence-corrected chi connectivity index (χ2v) is 2.65. The lowest BCUT2D eigenvalue weighted by Gasteiger charge is -2.26. The van der Waals surface area contributed by atoms with Crippen LogP contribution in [0.3, 0.4) is 0 Å². The van der Waals surface area contributed by atoms with Crippen LogP contribution in [0.15, 0.2) is 12.2 Å². The molecule has 0 amide bonds. The smallest absolute Gasteiger partial charge is 0.302 e. The van der Waals surface area contributed by atoms with Crippen LogP contribution in [0, 0.1) is 5.92 Å². The standard InChI is InChI=1S/C8H10O3/c1-5-7(3-8(5)10)4-11-6(2)9/h7H,1,3-4H2,2H3. The van der Waals surface area contributed by atoms with Crippen molar-refractivity contribution in [3.63, 3.8) is 0 Å². The summed E-state index contributed by atoms with van der Waals surface area (Å²) in [5, 5.41) is 0. The highest BCUT2D eigenvalue weighted by molar-refractivity contribution is 6.02. The Morgan fingerprint density at radius 2 is 2.45 bits per heavy atom. The number of rotatable bonds is 2. The first-order chi connectivity index (χ1) is 5.11. The Labute approximate surface area is 65.0 Å². The quantitative estimate of drug-likeness (QED) is 0.434. The minimum Gasteiger partial charge on any atom is -0.465 e. The number of hydrogen-bond donors (Lipinski definition) is 0. The van der Waals surface area contributed by atoms with Crippen LogP contribution in [0.1, 0.15) is 13.3 Å². The van der Waals surface area contributed by atoms with Crippen molar-refractivity contribution in [1.82, 2.24) is 0 Å². The van der Waals surface area contributed by atoms with Crippen molar-refractivity contribution in [3.8, 4) is 0 Å². The number of ketones is 1. The third-order valence-corrected chi connectivity index (χ3v) is 1.77. The van der Waals surface area contributed by atoms with E-state index in [2.05, 4.69) is 6.58 Å². The number of carbonyl (C=O) groups is 2. The fraction of sp³-hybridized carbons (Fsp3) is 0.500. The molecule has 0 spiro atoms. The first-order valence-electron chi connectivity index (χ1n) is 3.46. The Balaban J connectivity index is 2.26. The van der Waals surface area contributed by atoms with Gasteiger partial charge in [-0.3, -0.25) is 9.59 Å². The van der Waals surface area contributed by atoms with Gasteiger partial charge in [0.25, 0.3) is 0 Å². The van der Waals surface area contributed by atoms with Crippen LogP contribution in [0.2, 0.25) is 0 Å². The molecule has 0 bridgehead atoms. The molecule has 0 aromatic heterocycles. The summed E-state index contributed by atoms with van der Waals surface area (Å²) in [7, 11) is 0. The highest BCUT2D eigenvalue weighted by atomic mass is 16.5. The zero-order chi connectivity index (χ0) is 8.43. The maximum absolute atomic E-state index is 10.6. The maximum Gasteiger partial charge on any atom is 0.302 e. The molecule has 11 heavy (non-hydrogen) atoms. The van der Waals surface area contributed by atoms with Crippen molar-refractivity contribution < 1.29 is 14.3 Å². The molecule has 1 aliphatic rings. The normalized spacial score (nSPS) is 22.8. The largest absolute Gasteiger partial charge is 0.465 e. The van der Waals surface area contributed by atoms with E-state index in [1.807, 2.05) is 0 Å². The van der Waals surface area contributed by atoms with Gasteiger partial charge in [0.15, 0.2) is 5.78 Å². The van der Waals surface area contributed by atoms with E-state index in [0.29, 0.717) is 18.6 Å². The summed E-state index contributed by atoms with van der Waals surface area (Å²) in [6.45, 7) is 5.22. The van der Waals surface area contributed by atoms with Gasteiger partial charge in [0, 0.05) is 19.3 Å². The van der Waals surface area contributed by atoms with E-state index in [-0.39, 0.29) is 17.7 Å². The highest BCUT2D eigenvalue weighted by Gasteiger charge is 2.31. The van der Waals surface area contributed by atoms with Crippen molar-refractivity contribution in [2.75, 3.05) is 6.61 Å². The Hall–Kier alpha value is -1.12. The van der Waals surface area contributed by atoms with Crippen LogP contribution in [0.5, 0.6) is 0 Å². The van der Waals surface area contributed by atoms with E-state index < -0.39 is 0 Å². The molecule has 0 aromatic carbocycles. The van der Waals surface area contributed by atoms with Gasteiger partial charge in [-0.25, -0.2) is 0 Å². The molecule has 0 heterocycles. The van der Waals surface area contributed by atoms with Crippen LogP contribution in [0.25, 0.3) is 0 Å². The Morgan fingerprint density at radius 3 is 2.82 bits per heavy atom. The van der Waals surface area contributed by atoms with E-state index in [1.165, 1.54) is 6.92 Å². The minimum absolute atomic E-state index is 0.0754. The average Bonchev–Trinajstić information content (AvgIpc) is 1.96.